The fourth-order valence-electron chi connectivity index (χ4n) is 6.04. The van der Waals surface area contributed by atoms with E-state index in [2.05, 4.69) is 33.9 Å². The molecule has 2 aromatic rings. The fraction of sp³-hybridized carbons (Fsp3) is 0.725. The highest BCUT2D eigenvalue weighted by atomic mass is 32.2. The van der Waals surface area contributed by atoms with Crippen LogP contribution in [0.15, 0.2) is 46.2 Å². The lowest BCUT2D eigenvalue weighted by Crippen LogP contribution is -2.29. The van der Waals surface area contributed by atoms with E-state index in [0.717, 1.165) is 50.6 Å². The number of benzene rings is 1. The van der Waals surface area contributed by atoms with Crippen molar-refractivity contribution < 1.29 is 41.3 Å². The van der Waals surface area contributed by atoms with Gasteiger partial charge in [0, 0.05) is 25.3 Å². The number of alkyl carbamates (subject to hydrolysis) is 1. The Morgan fingerprint density at radius 1 is 0.846 bits per heavy atom. The summed E-state index contributed by atoms with van der Waals surface area (Å²) >= 11 is 1.69. The largest absolute Gasteiger partial charge is 0.744 e. The third kappa shape index (κ3) is 23.9. The Bertz CT molecular complexity index is 1290. The number of nitrogens with zero attached hydrogens (tertiary/aromatic N) is 1. The fourth-order valence-corrected chi connectivity index (χ4v) is 7.13. The lowest BCUT2D eigenvalue weighted by molar-refractivity contribution is -0.692. The summed E-state index contributed by atoms with van der Waals surface area (Å²) < 4.78 is 49.9. The number of nitrogens with one attached hydrogen (secondary N) is 1. The topological polar surface area (TPSA) is 135 Å². The number of hydrogen-bond donors (Lipinski definition) is 1. The zero-order chi connectivity index (χ0) is 37.7. The molecule has 0 saturated carbocycles. The van der Waals surface area contributed by atoms with Crippen molar-refractivity contribution in [1.82, 2.24) is 5.32 Å². The number of esters is 1. The van der Waals surface area contributed by atoms with Crippen molar-refractivity contribution in [3.05, 3.63) is 46.9 Å². The first-order chi connectivity index (χ1) is 25.2. The maximum Gasteiger partial charge on any atom is 0.407 e. The smallest absolute Gasteiger partial charge is 0.407 e. The summed E-state index contributed by atoms with van der Waals surface area (Å²) in [6, 6.07) is 5.78. The molecule has 2 atom stereocenters. The lowest BCUT2D eigenvalue weighted by atomic mass is 10.0. The van der Waals surface area contributed by atoms with E-state index in [0.29, 0.717) is 26.2 Å². The molecule has 0 bridgehead atoms. The molecule has 1 aromatic heterocycles. The van der Waals surface area contributed by atoms with Crippen molar-refractivity contribution in [1.29, 1.82) is 0 Å². The molecule has 296 valence electrons. The van der Waals surface area contributed by atoms with E-state index in [-0.39, 0.29) is 35.6 Å². The van der Waals surface area contributed by atoms with Crippen LogP contribution in [0, 0.1) is 12.8 Å². The number of aryl methyl sites for hydroxylation is 2. The van der Waals surface area contributed by atoms with Crippen molar-refractivity contribution in [3.8, 4) is 0 Å². The first-order valence-corrected chi connectivity index (χ1v) is 22.1. The molecule has 3 rings (SSSR count). The number of unbranched alkanes of at least 4 members (excludes halogenated alkanes) is 16. The third-order valence-corrected chi connectivity index (χ3v) is 10.7. The molecule has 1 aliphatic rings. The highest BCUT2D eigenvalue weighted by Gasteiger charge is 2.27. The standard InChI is InChI=1S/C33H58N2O5S.C7H8O3S/c1-2-3-4-5-6-7-8-9-10-11-12-13-14-15-18-21-34-33(37)40-27-30-25-31(38-26-30)28-39-32(36)20-17-16-19-22-35-23-24-41-29-35;1-6-2-4-7(5-3-6)11(8,9)10/h23-24,29-31H,2-22,25-28H2,1H3;2-5H,1H3,(H,8,9,10). The van der Waals surface area contributed by atoms with Crippen LogP contribution in [0.1, 0.15) is 141 Å². The summed E-state index contributed by atoms with van der Waals surface area (Å²) in [5.41, 5.74) is 3.03. The average molecular weight is 767 g/mol. The second kappa shape index (κ2) is 28.9. The van der Waals surface area contributed by atoms with Gasteiger partial charge in [0.1, 0.15) is 23.3 Å². The predicted octanol–water partition coefficient (Wildman–Crippen LogP) is 9.04. The molecule has 2 unspecified atom stereocenters. The Labute approximate surface area is 318 Å². The van der Waals surface area contributed by atoms with E-state index >= 15 is 0 Å². The van der Waals surface area contributed by atoms with Crippen LogP contribution in [-0.2, 0) is 35.7 Å². The average Bonchev–Trinajstić information content (AvgIpc) is 3.82. The Hall–Kier alpha value is -2.54. The number of carbonyl (C=O) groups excluding carboxylic acids is 2. The summed E-state index contributed by atoms with van der Waals surface area (Å²) in [4.78, 5) is 23.9. The van der Waals surface area contributed by atoms with Crippen LogP contribution in [0.25, 0.3) is 0 Å². The highest BCUT2D eigenvalue weighted by molar-refractivity contribution is 7.85. The van der Waals surface area contributed by atoms with Crippen LogP contribution >= 0.6 is 11.3 Å². The van der Waals surface area contributed by atoms with Gasteiger partial charge in [-0.3, -0.25) is 4.79 Å². The Morgan fingerprint density at radius 3 is 2.02 bits per heavy atom. The molecule has 1 fully saturated rings. The van der Waals surface area contributed by atoms with E-state index in [1.807, 2.05) is 6.92 Å². The number of hydrogen-bond acceptors (Lipinski definition) is 9. The van der Waals surface area contributed by atoms with E-state index in [1.54, 1.807) is 23.5 Å². The maximum atomic E-state index is 12.0. The molecule has 0 spiro atoms. The molecule has 10 nitrogen and oxygen atoms in total. The molecular weight excluding hydrogens is 701 g/mol. The summed E-state index contributed by atoms with van der Waals surface area (Å²) in [5.74, 6) is -0.000446. The number of carbonyl (C=O) groups is 2. The van der Waals surface area contributed by atoms with Gasteiger partial charge in [-0.1, -0.05) is 126 Å². The predicted molar refractivity (Wildman–Crippen MR) is 205 cm³/mol. The van der Waals surface area contributed by atoms with E-state index < -0.39 is 10.1 Å². The second-order valence-corrected chi connectivity index (χ2v) is 16.2. The monoisotopic (exact) mass is 766 g/mol. The molecule has 52 heavy (non-hydrogen) atoms. The lowest BCUT2D eigenvalue weighted by Gasteiger charge is -2.11. The van der Waals surface area contributed by atoms with Gasteiger partial charge in [0.05, 0.1) is 29.6 Å². The molecular formula is C40H66N2O8S2. The van der Waals surface area contributed by atoms with Crippen molar-refractivity contribution >= 4 is 33.5 Å². The molecule has 12 heteroatoms. The van der Waals surface area contributed by atoms with Crippen LogP contribution in [0.2, 0.25) is 0 Å². The zero-order valence-electron chi connectivity index (χ0n) is 31.9. The van der Waals surface area contributed by atoms with Crippen molar-refractivity contribution in [2.24, 2.45) is 5.92 Å². The molecule has 1 aromatic carbocycles. The molecule has 1 saturated heterocycles. The summed E-state index contributed by atoms with van der Waals surface area (Å²) in [6.07, 6.45) is 25.8. The van der Waals surface area contributed by atoms with Gasteiger partial charge in [-0.25, -0.2) is 13.2 Å². The number of ether oxygens (including phenoxy) is 3. The van der Waals surface area contributed by atoms with Gasteiger partial charge in [-0.15, -0.1) is 0 Å². The molecule has 0 aliphatic carbocycles. The van der Waals surface area contributed by atoms with E-state index in [4.69, 9.17) is 14.2 Å². The van der Waals surface area contributed by atoms with Gasteiger partial charge in [-0.05, 0) is 44.7 Å². The third-order valence-electron chi connectivity index (χ3n) is 9.23. The van der Waals surface area contributed by atoms with Crippen LogP contribution < -0.4 is 9.88 Å². The van der Waals surface area contributed by atoms with Crippen molar-refractivity contribution in [3.63, 3.8) is 0 Å². The van der Waals surface area contributed by atoms with E-state index in [9.17, 15) is 22.6 Å². The minimum absolute atomic E-state index is 0.106. The molecule has 1 amide bonds. The van der Waals surface area contributed by atoms with E-state index in [1.165, 1.54) is 95.6 Å². The number of amides is 1. The van der Waals surface area contributed by atoms with Gasteiger partial charge >= 0.3 is 12.1 Å². The zero-order valence-corrected chi connectivity index (χ0v) is 33.5. The number of thiazole rings is 1. The maximum absolute atomic E-state index is 12.0. The normalized spacial score (nSPS) is 15.5. The molecule has 0 radical (unpaired) electrons. The minimum Gasteiger partial charge on any atom is -0.744 e. The summed E-state index contributed by atoms with van der Waals surface area (Å²) in [6.45, 7) is 6.93. The van der Waals surface area contributed by atoms with Gasteiger partial charge in [-0.2, -0.15) is 4.57 Å². The Kier molecular flexibility index (Phi) is 25.3. The minimum atomic E-state index is -4.27. The van der Waals surface area contributed by atoms with Gasteiger partial charge in [0.2, 0.25) is 5.51 Å². The van der Waals surface area contributed by atoms with Crippen molar-refractivity contribution in [2.75, 3.05) is 26.4 Å². The summed E-state index contributed by atoms with van der Waals surface area (Å²) in [5, 5.41) is 4.93. The van der Waals surface area contributed by atoms with Crippen LogP contribution in [0.5, 0.6) is 0 Å². The van der Waals surface area contributed by atoms with Crippen molar-refractivity contribution in [2.45, 2.75) is 160 Å². The van der Waals surface area contributed by atoms with Gasteiger partial charge < -0.3 is 24.1 Å². The SMILES string of the molecule is CCCCCCCCCCCCCCCCCNC(=O)OCC1COC(COC(=O)CCCCC[n+]2ccsc2)C1.Cc1ccc(S(=O)(=O)[O-])cc1. The number of rotatable bonds is 27. The molecule has 2 heterocycles. The quantitative estimate of drug-likeness (QED) is 0.0412. The van der Waals surface area contributed by atoms with Gasteiger partial charge in [0.15, 0.2) is 6.20 Å². The summed E-state index contributed by atoms with van der Waals surface area (Å²) in [7, 11) is -4.27. The van der Waals surface area contributed by atoms with Gasteiger partial charge in [0.25, 0.3) is 0 Å². The first-order valence-electron chi connectivity index (χ1n) is 19.8. The first kappa shape index (κ1) is 45.6. The van der Waals surface area contributed by atoms with Crippen LogP contribution in [-0.4, -0.2) is 57.5 Å². The highest BCUT2D eigenvalue weighted by Crippen LogP contribution is 2.21. The Balaban J connectivity index is 0.000000722. The second-order valence-electron chi connectivity index (χ2n) is 14.1. The van der Waals surface area contributed by atoms with Crippen LogP contribution in [0.4, 0.5) is 4.79 Å². The molecule has 1 aliphatic heterocycles. The Morgan fingerprint density at radius 2 is 1.44 bits per heavy atom. The molecule has 1 N–H and O–H groups in total. The van der Waals surface area contributed by atoms with Crippen LogP contribution in [0.3, 0.4) is 0 Å². The number of aromatic nitrogens is 1.